The number of nitrogens with one attached hydrogen (secondary N) is 1. The van der Waals surface area contributed by atoms with Crippen LogP contribution < -0.4 is 15.4 Å². The summed E-state index contributed by atoms with van der Waals surface area (Å²) in [6, 6.07) is 8.97. The van der Waals surface area contributed by atoms with Crippen molar-refractivity contribution in [2.45, 2.75) is 12.3 Å². The molecule has 4 N–H and O–H groups in total. The van der Waals surface area contributed by atoms with E-state index in [1.165, 1.54) is 0 Å². The van der Waals surface area contributed by atoms with Crippen molar-refractivity contribution in [1.29, 1.82) is 5.26 Å². The Morgan fingerprint density at radius 2 is 2.06 bits per heavy atom. The monoisotopic (exact) mass is 499 g/mol. The molecule has 172 valence electrons. The van der Waals surface area contributed by atoms with Gasteiger partial charge in [-0.25, -0.2) is 9.97 Å². The zero-order valence-corrected chi connectivity index (χ0v) is 18.8. The highest BCUT2D eigenvalue weighted by Gasteiger charge is 2.28. The van der Waals surface area contributed by atoms with Crippen LogP contribution in [0.2, 0.25) is 10.0 Å². The average Bonchev–Trinajstić information content (AvgIpc) is 3.22. The number of aliphatic hydroxyl groups excluding tert-OH is 1. The molecule has 0 spiro atoms. The van der Waals surface area contributed by atoms with Crippen molar-refractivity contribution in [2.75, 3.05) is 18.0 Å². The fourth-order valence-electron chi connectivity index (χ4n) is 3.76. The maximum absolute atomic E-state index is 13.8. The van der Waals surface area contributed by atoms with Gasteiger partial charge in [-0.3, -0.25) is 10.8 Å². The Morgan fingerprint density at radius 1 is 1.26 bits per heavy atom. The van der Waals surface area contributed by atoms with E-state index in [-0.39, 0.29) is 15.6 Å². The van der Waals surface area contributed by atoms with E-state index in [0.29, 0.717) is 46.9 Å². The highest BCUT2D eigenvalue weighted by atomic mass is 35.5. The first-order valence-corrected chi connectivity index (χ1v) is 10.8. The van der Waals surface area contributed by atoms with E-state index >= 15 is 0 Å². The van der Waals surface area contributed by atoms with Crippen molar-refractivity contribution in [3.05, 3.63) is 63.8 Å². The number of β-amino-alcohol motifs (C(OH)–C–C–N with tert-alkyl or cyclic N) is 1. The molecule has 0 saturated carbocycles. The van der Waals surface area contributed by atoms with E-state index in [1.807, 2.05) is 4.90 Å². The lowest BCUT2D eigenvalue weighted by molar-refractivity contribution is 0.141. The number of nitriles is 1. The van der Waals surface area contributed by atoms with E-state index in [0.717, 1.165) is 11.7 Å². The molecule has 9 nitrogen and oxygen atoms in total. The van der Waals surface area contributed by atoms with Crippen molar-refractivity contribution in [2.24, 2.45) is 5.73 Å². The van der Waals surface area contributed by atoms with Gasteiger partial charge in [0, 0.05) is 36.4 Å². The molecular weight excluding hydrogens is 484 g/mol. The van der Waals surface area contributed by atoms with Crippen molar-refractivity contribution < 1.29 is 14.2 Å². The largest absolute Gasteiger partial charge is 0.471 e. The van der Waals surface area contributed by atoms with Gasteiger partial charge >= 0.3 is 0 Å². The number of fused-ring (bicyclic) bond motifs is 1. The second kappa shape index (κ2) is 8.70. The number of anilines is 1. The van der Waals surface area contributed by atoms with Gasteiger partial charge in [-0.15, -0.1) is 0 Å². The number of hydrogen-bond donors (Lipinski definition) is 3. The lowest BCUT2D eigenvalue weighted by Gasteiger charge is -2.37. The zero-order valence-electron chi connectivity index (χ0n) is 17.3. The second-order valence-corrected chi connectivity index (χ2v) is 8.49. The molecule has 1 saturated heterocycles. The molecular formula is C22H16Cl2FN7O2. The summed E-state index contributed by atoms with van der Waals surface area (Å²) >= 11 is 12.1. The van der Waals surface area contributed by atoms with E-state index in [4.69, 9.17) is 33.7 Å². The SMILES string of the molecule is N#Cc1cc(-c2n[nH]c3ccc(O[C@H](N)c4c(Cl)cnc(F)c4Cl)cc23)cnc1N1CC(O)C1. The summed E-state index contributed by atoms with van der Waals surface area (Å²) in [4.78, 5) is 9.71. The third-order valence-electron chi connectivity index (χ3n) is 5.47. The molecule has 0 unspecified atom stereocenters. The number of ether oxygens (including phenoxy) is 1. The molecule has 1 aliphatic rings. The first-order valence-electron chi connectivity index (χ1n) is 10.1. The van der Waals surface area contributed by atoms with Crippen molar-refractivity contribution in [3.8, 4) is 23.1 Å². The molecule has 0 bridgehead atoms. The van der Waals surface area contributed by atoms with Crippen LogP contribution in [0.1, 0.15) is 17.4 Å². The summed E-state index contributed by atoms with van der Waals surface area (Å²) < 4.78 is 19.6. The van der Waals surface area contributed by atoms with Crippen LogP contribution in [0, 0.1) is 17.3 Å². The van der Waals surface area contributed by atoms with E-state index in [9.17, 15) is 14.8 Å². The van der Waals surface area contributed by atoms with Crippen LogP contribution in [0.4, 0.5) is 10.2 Å². The molecule has 5 rings (SSSR count). The number of aromatic amines is 1. The standard InChI is InChI=1S/C22H16Cl2FN7O2/c23-15-7-28-20(25)18(24)17(15)21(27)34-13-1-2-16-14(4-13)19(31-30-16)11-3-10(5-26)22(29-6-11)32-8-12(33)9-32/h1-4,6-7,12,21,33H,8-9,27H2,(H,30,31)/t21-/m0/s1. The lowest BCUT2D eigenvalue weighted by atomic mass is 10.1. The second-order valence-electron chi connectivity index (χ2n) is 7.71. The van der Waals surface area contributed by atoms with Gasteiger partial charge in [0.1, 0.15) is 28.4 Å². The van der Waals surface area contributed by atoms with Crippen LogP contribution in [0.25, 0.3) is 22.2 Å². The van der Waals surface area contributed by atoms with Crippen LogP contribution in [0.15, 0.2) is 36.7 Å². The molecule has 1 aliphatic heterocycles. The molecule has 1 fully saturated rings. The van der Waals surface area contributed by atoms with Crippen LogP contribution in [-0.2, 0) is 0 Å². The summed E-state index contributed by atoms with van der Waals surface area (Å²) in [6.45, 7) is 0.867. The first-order chi connectivity index (χ1) is 16.4. The number of aromatic nitrogens is 4. The smallest absolute Gasteiger partial charge is 0.232 e. The van der Waals surface area contributed by atoms with Gasteiger partial charge in [0.25, 0.3) is 0 Å². The van der Waals surface area contributed by atoms with E-state index < -0.39 is 18.3 Å². The minimum absolute atomic E-state index is 0.0777. The predicted molar refractivity (Wildman–Crippen MR) is 124 cm³/mol. The van der Waals surface area contributed by atoms with E-state index in [1.54, 1.807) is 30.5 Å². The Morgan fingerprint density at radius 3 is 2.79 bits per heavy atom. The number of H-pyrrole nitrogens is 1. The van der Waals surface area contributed by atoms with Gasteiger partial charge < -0.3 is 14.7 Å². The van der Waals surface area contributed by atoms with Crippen LogP contribution in [0.5, 0.6) is 5.75 Å². The fourth-order valence-corrected chi connectivity index (χ4v) is 4.32. The number of nitrogens with zero attached hydrogens (tertiary/aromatic N) is 5. The molecule has 4 aromatic rings. The molecule has 34 heavy (non-hydrogen) atoms. The summed E-state index contributed by atoms with van der Waals surface area (Å²) in [7, 11) is 0. The van der Waals surface area contributed by atoms with Gasteiger partial charge in [-0.2, -0.15) is 14.8 Å². The predicted octanol–water partition coefficient (Wildman–Crippen LogP) is 3.55. The topological polar surface area (TPSA) is 137 Å². The molecule has 0 aliphatic carbocycles. The normalized spacial score (nSPS) is 14.6. The fraction of sp³-hybridized carbons (Fsp3) is 0.182. The number of rotatable bonds is 5. The number of pyridine rings is 2. The first kappa shape index (κ1) is 22.3. The minimum atomic E-state index is -1.15. The van der Waals surface area contributed by atoms with Crippen LogP contribution in [0.3, 0.4) is 0 Å². The molecule has 0 amide bonds. The summed E-state index contributed by atoms with van der Waals surface area (Å²) in [5.41, 5.74) is 8.45. The molecule has 0 radical (unpaired) electrons. The van der Waals surface area contributed by atoms with Gasteiger partial charge in [-0.05, 0) is 24.3 Å². The molecule has 1 aromatic carbocycles. The van der Waals surface area contributed by atoms with Crippen LogP contribution in [-0.4, -0.2) is 44.5 Å². The number of nitrogens with two attached hydrogens (primary N) is 1. The lowest BCUT2D eigenvalue weighted by Crippen LogP contribution is -2.51. The third kappa shape index (κ3) is 3.89. The Labute approximate surface area is 202 Å². The molecule has 12 heteroatoms. The Hall–Kier alpha value is -3.49. The minimum Gasteiger partial charge on any atom is -0.471 e. The van der Waals surface area contributed by atoms with E-state index in [2.05, 4.69) is 26.2 Å². The maximum Gasteiger partial charge on any atom is 0.232 e. The molecule has 1 atom stereocenters. The number of aliphatic hydroxyl groups is 1. The number of hydrogen-bond acceptors (Lipinski definition) is 8. The Balaban J connectivity index is 1.47. The highest BCUT2D eigenvalue weighted by Crippen LogP contribution is 2.35. The number of halogens is 3. The maximum atomic E-state index is 13.8. The van der Waals surface area contributed by atoms with Gasteiger partial charge in [0.2, 0.25) is 5.95 Å². The average molecular weight is 500 g/mol. The highest BCUT2D eigenvalue weighted by molar-refractivity contribution is 6.35. The summed E-state index contributed by atoms with van der Waals surface area (Å²) in [5, 5.41) is 26.9. The van der Waals surface area contributed by atoms with Crippen LogP contribution >= 0.6 is 23.2 Å². The van der Waals surface area contributed by atoms with Gasteiger partial charge in [0.15, 0.2) is 6.23 Å². The zero-order chi connectivity index (χ0) is 24.0. The quantitative estimate of drug-likeness (QED) is 0.280. The summed E-state index contributed by atoms with van der Waals surface area (Å²) in [5.74, 6) is -0.0129. The number of benzene rings is 1. The van der Waals surface area contributed by atoms with Crippen molar-refractivity contribution in [1.82, 2.24) is 20.2 Å². The summed E-state index contributed by atoms with van der Waals surface area (Å²) in [6.07, 6.45) is 1.17. The van der Waals surface area contributed by atoms with Crippen molar-refractivity contribution in [3.63, 3.8) is 0 Å². The van der Waals surface area contributed by atoms with Crippen molar-refractivity contribution >= 4 is 39.9 Å². The Kier molecular flexibility index (Phi) is 5.71. The van der Waals surface area contributed by atoms with Gasteiger partial charge in [-0.1, -0.05) is 23.2 Å². The molecule has 4 heterocycles. The van der Waals surface area contributed by atoms with Gasteiger partial charge in [0.05, 0.1) is 27.8 Å². The molecule has 3 aromatic heterocycles. The Bertz CT molecular complexity index is 1450. The third-order valence-corrected chi connectivity index (χ3v) is 6.13.